The fraction of sp³-hybridized carbons (Fsp3) is 0.750. The molecule has 0 fully saturated rings. The summed E-state index contributed by atoms with van der Waals surface area (Å²) in [6, 6.07) is 0. The molecule has 2 N–H and O–H groups in total. The van der Waals surface area contributed by atoms with Crippen molar-refractivity contribution in [2.24, 2.45) is 5.41 Å². The number of hydrogen-bond acceptors (Lipinski definition) is 4. The van der Waals surface area contributed by atoms with Crippen LogP contribution in [0.15, 0.2) is 0 Å². The largest absolute Gasteiger partial charge is 0.462 e. The number of ether oxygens (including phenoxy) is 1. The number of terminal acetylenes is 1. The third kappa shape index (κ3) is 5.74. The highest BCUT2D eigenvalue weighted by atomic mass is 16.5. The Labute approximate surface area is 97.4 Å². The normalized spacial score (nSPS) is 12.9. The highest BCUT2D eigenvalue weighted by Crippen LogP contribution is 2.21. The van der Waals surface area contributed by atoms with Gasteiger partial charge in [0.15, 0.2) is 0 Å². The Balaban J connectivity index is 3.80. The molecular formula is C12H21NO3. The van der Waals surface area contributed by atoms with Gasteiger partial charge in [0.05, 0.1) is 12.0 Å². The van der Waals surface area contributed by atoms with Crippen LogP contribution in [0.1, 0.15) is 27.2 Å². The number of aliphatic hydroxyl groups is 1. The number of aliphatic hydroxyl groups excluding tert-OH is 1. The van der Waals surface area contributed by atoms with Crippen LogP contribution in [0.25, 0.3) is 0 Å². The standard InChI is InChI=1S/C12H21NO3/c1-5-7-13-8-10(14)9-16-11(15)12(3,4)6-2/h1,10,13-14H,6-9H2,2-4H3. The number of carbonyl (C=O) groups excluding carboxylic acids is 1. The first-order valence-electron chi connectivity index (χ1n) is 5.43. The topological polar surface area (TPSA) is 58.6 Å². The van der Waals surface area contributed by atoms with Crippen molar-refractivity contribution in [3.8, 4) is 12.3 Å². The van der Waals surface area contributed by atoms with Gasteiger partial charge in [-0.25, -0.2) is 0 Å². The average Bonchev–Trinajstić information content (AvgIpc) is 2.26. The molecule has 0 aromatic carbocycles. The number of rotatable bonds is 7. The van der Waals surface area contributed by atoms with Gasteiger partial charge in [0.2, 0.25) is 0 Å². The van der Waals surface area contributed by atoms with E-state index in [1.807, 2.05) is 20.8 Å². The van der Waals surface area contributed by atoms with Gasteiger partial charge in [-0.1, -0.05) is 12.8 Å². The van der Waals surface area contributed by atoms with Crippen LogP contribution >= 0.6 is 0 Å². The third-order valence-electron chi connectivity index (χ3n) is 2.45. The summed E-state index contributed by atoms with van der Waals surface area (Å²) < 4.78 is 5.01. The summed E-state index contributed by atoms with van der Waals surface area (Å²) in [6.07, 6.45) is 5.02. The Morgan fingerprint density at radius 3 is 2.75 bits per heavy atom. The van der Waals surface area contributed by atoms with E-state index in [-0.39, 0.29) is 12.6 Å². The molecule has 0 saturated heterocycles. The monoisotopic (exact) mass is 227 g/mol. The lowest BCUT2D eigenvalue weighted by Gasteiger charge is -2.21. The van der Waals surface area contributed by atoms with Crippen molar-refractivity contribution in [2.45, 2.75) is 33.3 Å². The van der Waals surface area contributed by atoms with Crippen molar-refractivity contribution in [1.82, 2.24) is 5.32 Å². The van der Waals surface area contributed by atoms with Crippen molar-refractivity contribution in [1.29, 1.82) is 0 Å². The molecule has 4 heteroatoms. The van der Waals surface area contributed by atoms with Crippen LogP contribution in [-0.4, -0.2) is 36.9 Å². The van der Waals surface area contributed by atoms with Gasteiger partial charge < -0.3 is 15.2 Å². The number of nitrogens with one attached hydrogen (secondary N) is 1. The highest BCUT2D eigenvalue weighted by molar-refractivity contribution is 5.75. The Kier molecular flexibility index (Phi) is 6.78. The van der Waals surface area contributed by atoms with Gasteiger partial charge in [-0.2, -0.15) is 0 Å². The number of hydrogen-bond donors (Lipinski definition) is 2. The average molecular weight is 227 g/mol. The minimum absolute atomic E-state index is 0.000164. The zero-order valence-electron chi connectivity index (χ0n) is 10.2. The van der Waals surface area contributed by atoms with E-state index in [1.54, 1.807) is 0 Å². The van der Waals surface area contributed by atoms with Crippen LogP contribution in [0.2, 0.25) is 0 Å². The van der Waals surface area contributed by atoms with Crippen molar-refractivity contribution < 1.29 is 14.6 Å². The maximum Gasteiger partial charge on any atom is 0.311 e. The van der Waals surface area contributed by atoms with Crippen molar-refractivity contribution in [2.75, 3.05) is 19.7 Å². The lowest BCUT2D eigenvalue weighted by Crippen LogP contribution is -2.34. The van der Waals surface area contributed by atoms with E-state index in [9.17, 15) is 9.90 Å². The van der Waals surface area contributed by atoms with E-state index < -0.39 is 11.5 Å². The molecule has 0 aliphatic rings. The second-order valence-electron chi connectivity index (χ2n) is 4.32. The molecule has 0 spiro atoms. The van der Waals surface area contributed by atoms with Gasteiger partial charge in [0.1, 0.15) is 12.7 Å². The van der Waals surface area contributed by atoms with Gasteiger partial charge in [0.25, 0.3) is 0 Å². The second kappa shape index (κ2) is 7.26. The molecule has 0 amide bonds. The van der Waals surface area contributed by atoms with E-state index in [2.05, 4.69) is 11.2 Å². The molecule has 0 aromatic heterocycles. The fourth-order valence-corrected chi connectivity index (χ4v) is 0.881. The first-order chi connectivity index (χ1) is 7.44. The first kappa shape index (κ1) is 14.9. The summed E-state index contributed by atoms with van der Waals surface area (Å²) >= 11 is 0. The van der Waals surface area contributed by atoms with Crippen LogP contribution in [0.4, 0.5) is 0 Å². The molecule has 0 aliphatic carbocycles. The molecule has 1 unspecified atom stereocenters. The van der Waals surface area contributed by atoms with Crippen LogP contribution < -0.4 is 5.32 Å². The summed E-state index contributed by atoms with van der Waals surface area (Å²) in [5.41, 5.74) is -0.494. The molecule has 0 radical (unpaired) electrons. The molecule has 0 aliphatic heterocycles. The summed E-state index contributed by atoms with van der Waals surface area (Å²) in [7, 11) is 0. The van der Waals surface area contributed by atoms with Crippen molar-refractivity contribution >= 4 is 5.97 Å². The lowest BCUT2D eigenvalue weighted by molar-refractivity contribution is -0.157. The van der Waals surface area contributed by atoms with E-state index in [0.29, 0.717) is 19.5 Å². The van der Waals surface area contributed by atoms with Crippen LogP contribution in [0.3, 0.4) is 0 Å². The quantitative estimate of drug-likeness (QED) is 0.379. The van der Waals surface area contributed by atoms with E-state index in [1.165, 1.54) is 0 Å². The molecule has 0 aromatic rings. The van der Waals surface area contributed by atoms with Crippen molar-refractivity contribution in [3.63, 3.8) is 0 Å². The third-order valence-corrected chi connectivity index (χ3v) is 2.45. The van der Waals surface area contributed by atoms with E-state index in [0.717, 1.165) is 0 Å². The van der Waals surface area contributed by atoms with Gasteiger partial charge in [-0.05, 0) is 20.3 Å². The molecule has 0 saturated carbocycles. The molecule has 92 valence electrons. The molecular weight excluding hydrogens is 206 g/mol. The number of esters is 1. The molecule has 0 heterocycles. The highest BCUT2D eigenvalue weighted by Gasteiger charge is 2.27. The summed E-state index contributed by atoms with van der Waals surface area (Å²) in [5.74, 6) is 2.11. The van der Waals surface area contributed by atoms with Crippen LogP contribution in [-0.2, 0) is 9.53 Å². The first-order valence-corrected chi connectivity index (χ1v) is 5.43. The minimum Gasteiger partial charge on any atom is -0.462 e. The fourth-order valence-electron chi connectivity index (χ4n) is 0.881. The van der Waals surface area contributed by atoms with Crippen molar-refractivity contribution in [3.05, 3.63) is 0 Å². The van der Waals surface area contributed by atoms with Gasteiger partial charge in [0, 0.05) is 6.54 Å². The molecule has 16 heavy (non-hydrogen) atoms. The molecule has 0 rings (SSSR count). The predicted molar refractivity (Wildman–Crippen MR) is 62.7 cm³/mol. The summed E-state index contributed by atoms with van der Waals surface area (Å²) in [4.78, 5) is 11.5. The van der Waals surface area contributed by atoms with Gasteiger partial charge in [-0.15, -0.1) is 6.42 Å². The van der Waals surface area contributed by atoms with E-state index in [4.69, 9.17) is 11.2 Å². The summed E-state index contributed by atoms with van der Waals surface area (Å²) in [6.45, 7) is 6.28. The maximum absolute atomic E-state index is 11.5. The van der Waals surface area contributed by atoms with Crippen LogP contribution in [0.5, 0.6) is 0 Å². The Morgan fingerprint density at radius 1 is 1.62 bits per heavy atom. The summed E-state index contributed by atoms with van der Waals surface area (Å²) in [5, 5.41) is 12.3. The Hall–Kier alpha value is -1.05. The van der Waals surface area contributed by atoms with Gasteiger partial charge in [-0.3, -0.25) is 4.79 Å². The van der Waals surface area contributed by atoms with E-state index >= 15 is 0 Å². The second-order valence-corrected chi connectivity index (χ2v) is 4.32. The molecule has 0 bridgehead atoms. The predicted octanol–water partition coefficient (Wildman–Crippen LogP) is 0.549. The Morgan fingerprint density at radius 2 is 2.25 bits per heavy atom. The Bertz CT molecular complexity index is 255. The van der Waals surface area contributed by atoms with Gasteiger partial charge >= 0.3 is 5.97 Å². The lowest BCUT2D eigenvalue weighted by atomic mass is 9.91. The zero-order chi connectivity index (χ0) is 12.6. The van der Waals surface area contributed by atoms with Crippen LogP contribution in [0, 0.1) is 17.8 Å². The SMILES string of the molecule is C#CCNCC(O)COC(=O)C(C)(C)CC. The maximum atomic E-state index is 11.5. The zero-order valence-corrected chi connectivity index (χ0v) is 10.2. The minimum atomic E-state index is -0.718. The molecule has 4 nitrogen and oxygen atoms in total. The molecule has 1 atom stereocenters. The smallest absolute Gasteiger partial charge is 0.311 e. The number of carbonyl (C=O) groups is 1.